The fraction of sp³-hybridized carbons (Fsp3) is 0.500. The van der Waals surface area contributed by atoms with Gasteiger partial charge < -0.3 is 29.9 Å². The molecular weight excluding hydrogens is 304 g/mol. The minimum atomic E-state index is -1.83. The molecule has 0 radical (unpaired) electrons. The molecule has 1 saturated carbocycles. The van der Waals surface area contributed by atoms with E-state index in [2.05, 4.69) is 21.6 Å². The molecule has 2 bridgehead atoms. The van der Waals surface area contributed by atoms with Crippen LogP contribution in [0.4, 0.5) is 19.2 Å². The molecule has 4 aliphatic rings. The van der Waals surface area contributed by atoms with Gasteiger partial charge in [-0.05, 0) is 37.5 Å². The van der Waals surface area contributed by atoms with Gasteiger partial charge in [-0.1, -0.05) is 12.2 Å². The molecule has 10 nitrogen and oxygen atoms in total. The number of cyclic esters (lactones) is 4. The van der Waals surface area contributed by atoms with Crippen molar-refractivity contribution >= 4 is 24.6 Å². The molecule has 1 heterocycles. The lowest BCUT2D eigenvalue weighted by molar-refractivity contribution is 0.00674. The first-order valence-corrected chi connectivity index (χ1v) is 6.16. The van der Waals surface area contributed by atoms with Gasteiger partial charge in [-0.15, -0.1) is 0 Å². The van der Waals surface area contributed by atoms with Gasteiger partial charge in [0.05, 0.1) is 0 Å². The van der Waals surface area contributed by atoms with Crippen LogP contribution in [-0.2, 0) is 9.47 Å². The van der Waals surface area contributed by atoms with Crippen LogP contribution in [0.1, 0.15) is 25.7 Å². The van der Waals surface area contributed by atoms with Crippen molar-refractivity contribution in [3.05, 3.63) is 12.2 Å². The molecule has 0 aromatic rings. The molecule has 2 fully saturated rings. The topological polar surface area (TPSA) is 168 Å². The number of hydrogen-bond donors (Lipinski definition) is 4. The SMILES string of the molecule is C1=CC2CCC1CC2.O=C(O)O.O=C(O)O.O=C1OC(=O)O1. The third-order valence-corrected chi connectivity index (χ3v) is 2.81. The predicted molar refractivity (Wildman–Crippen MR) is 68.9 cm³/mol. The Bertz CT molecular complexity index is 377. The van der Waals surface area contributed by atoms with E-state index in [1.807, 2.05) is 0 Å². The fourth-order valence-corrected chi connectivity index (χ4v) is 1.99. The summed E-state index contributed by atoms with van der Waals surface area (Å²) in [6.45, 7) is 0. The van der Waals surface area contributed by atoms with Crippen molar-refractivity contribution in [1.29, 1.82) is 0 Å². The zero-order valence-corrected chi connectivity index (χ0v) is 11.4. The van der Waals surface area contributed by atoms with E-state index < -0.39 is 24.6 Å². The van der Waals surface area contributed by atoms with Crippen LogP contribution in [0.5, 0.6) is 0 Å². The van der Waals surface area contributed by atoms with Gasteiger partial charge in [-0.25, -0.2) is 19.2 Å². The first kappa shape index (κ1) is 19.2. The maximum Gasteiger partial charge on any atom is 0.528 e. The third kappa shape index (κ3) is 11.1. The van der Waals surface area contributed by atoms with Gasteiger partial charge in [0, 0.05) is 0 Å². The summed E-state index contributed by atoms with van der Waals surface area (Å²) >= 11 is 0. The Morgan fingerprint density at radius 1 is 0.773 bits per heavy atom. The highest BCUT2D eigenvalue weighted by Gasteiger charge is 2.27. The average Bonchev–Trinajstić information content (AvgIpc) is 2.39. The molecule has 0 aromatic heterocycles. The van der Waals surface area contributed by atoms with Crippen molar-refractivity contribution in [2.24, 2.45) is 11.8 Å². The first-order valence-electron chi connectivity index (χ1n) is 6.16. The van der Waals surface area contributed by atoms with Gasteiger partial charge in [0.1, 0.15) is 0 Å². The fourth-order valence-electron chi connectivity index (χ4n) is 1.99. The van der Waals surface area contributed by atoms with E-state index in [1.165, 1.54) is 25.7 Å². The average molecular weight is 320 g/mol. The molecule has 22 heavy (non-hydrogen) atoms. The quantitative estimate of drug-likeness (QED) is 0.295. The van der Waals surface area contributed by atoms with E-state index in [9.17, 15) is 9.59 Å². The lowest BCUT2D eigenvalue weighted by atomic mass is 9.76. The molecule has 0 unspecified atom stereocenters. The van der Waals surface area contributed by atoms with Gasteiger partial charge >= 0.3 is 24.6 Å². The van der Waals surface area contributed by atoms with Crippen LogP contribution >= 0.6 is 0 Å². The summed E-state index contributed by atoms with van der Waals surface area (Å²) in [5, 5.41) is 27.9. The Hall–Kier alpha value is -2.78. The Morgan fingerprint density at radius 2 is 1.00 bits per heavy atom. The van der Waals surface area contributed by atoms with Gasteiger partial charge in [-0.2, -0.15) is 0 Å². The van der Waals surface area contributed by atoms with Crippen LogP contribution in [0, 0.1) is 11.8 Å². The maximum absolute atomic E-state index is 9.44. The number of carboxylic acid groups (broad SMARTS) is 4. The largest absolute Gasteiger partial charge is 0.528 e. The van der Waals surface area contributed by atoms with Crippen molar-refractivity contribution in [3.63, 3.8) is 0 Å². The number of allylic oxidation sites excluding steroid dienone is 2. The normalized spacial score (nSPS) is 22.7. The molecular formula is C12H16O10. The van der Waals surface area contributed by atoms with E-state index in [0.717, 1.165) is 11.8 Å². The number of carbonyl (C=O) groups excluding carboxylic acids is 2. The van der Waals surface area contributed by atoms with Gasteiger partial charge in [0.15, 0.2) is 0 Å². The molecule has 4 rings (SSSR count). The highest BCUT2D eigenvalue weighted by atomic mass is 16.9. The van der Waals surface area contributed by atoms with Crippen LogP contribution in [0.15, 0.2) is 12.2 Å². The number of fused-ring (bicyclic) bond motifs is 2. The lowest BCUT2D eigenvalue weighted by Gasteiger charge is -2.29. The van der Waals surface area contributed by atoms with E-state index in [1.54, 1.807) is 0 Å². The first-order chi connectivity index (χ1) is 10.2. The van der Waals surface area contributed by atoms with Crippen LogP contribution in [0.2, 0.25) is 0 Å². The summed E-state index contributed by atoms with van der Waals surface area (Å²) in [7, 11) is 0. The minimum absolute atomic E-state index is 0.917. The van der Waals surface area contributed by atoms with E-state index in [-0.39, 0.29) is 0 Å². The lowest BCUT2D eigenvalue weighted by Crippen LogP contribution is -2.27. The number of rotatable bonds is 0. The number of ether oxygens (including phenoxy) is 2. The summed E-state index contributed by atoms with van der Waals surface area (Å²) in [6.07, 6.45) is 5.22. The van der Waals surface area contributed by atoms with Crippen LogP contribution in [-0.4, -0.2) is 45.0 Å². The summed E-state index contributed by atoms with van der Waals surface area (Å²) in [5.74, 6) is 1.94. The van der Waals surface area contributed by atoms with Crippen molar-refractivity contribution in [3.8, 4) is 0 Å². The molecule has 4 N–H and O–H groups in total. The zero-order chi connectivity index (χ0) is 17.1. The zero-order valence-electron chi connectivity index (χ0n) is 11.4. The van der Waals surface area contributed by atoms with Crippen molar-refractivity contribution in [1.82, 2.24) is 0 Å². The Kier molecular flexibility index (Phi) is 8.75. The summed E-state index contributed by atoms with van der Waals surface area (Å²) in [6, 6.07) is 0. The second-order valence-corrected chi connectivity index (χ2v) is 4.33. The Labute approximate surface area is 124 Å². The Balaban J connectivity index is 0.000000284. The molecule has 0 aromatic carbocycles. The van der Waals surface area contributed by atoms with E-state index in [4.69, 9.17) is 30.0 Å². The van der Waals surface area contributed by atoms with E-state index in [0.29, 0.717) is 0 Å². The molecule has 1 aliphatic heterocycles. The minimum Gasteiger partial charge on any atom is -0.450 e. The van der Waals surface area contributed by atoms with Gasteiger partial charge in [0.2, 0.25) is 0 Å². The standard InChI is InChI=1S/C8H12.C2O4.2CH2O3/c1-2-8-5-3-7(1)4-6-8;3-1-5-2(4)6-1;2*2-1(3)4/h1-2,7-8H,3-6H2;;2*(H2,2,3,4). The van der Waals surface area contributed by atoms with Crippen molar-refractivity contribution < 1.29 is 49.1 Å². The second-order valence-electron chi connectivity index (χ2n) is 4.33. The summed E-state index contributed by atoms with van der Waals surface area (Å²) < 4.78 is 7.28. The van der Waals surface area contributed by atoms with Crippen LogP contribution in [0.3, 0.4) is 0 Å². The molecule has 0 amide bonds. The molecule has 124 valence electrons. The Morgan fingerprint density at radius 3 is 1.05 bits per heavy atom. The molecule has 10 heteroatoms. The smallest absolute Gasteiger partial charge is 0.450 e. The summed E-state index contributed by atoms with van der Waals surface area (Å²) in [4.78, 5) is 36.0. The predicted octanol–water partition coefficient (Wildman–Crippen LogP) is 3.08. The molecule has 1 saturated heterocycles. The van der Waals surface area contributed by atoms with E-state index >= 15 is 0 Å². The highest BCUT2D eigenvalue weighted by Crippen LogP contribution is 2.35. The number of hydrogen-bond acceptors (Lipinski definition) is 6. The second kappa shape index (κ2) is 10.0. The molecule has 0 atom stereocenters. The molecule has 0 spiro atoms. The third-order valence-electron chi connectivity index (χ3n) is 2.81. The number of carbonyl (C=O) groups is 4. The van der Waals surface area contributed by atoms with Gasteiger partial charge in [0.25, 0.3) is 0 Å². The molecule has 3 aliphatic carbocycles. The van der Waals surface area contributed by atoms with Crippen LogP contribution in [0.25, 0.3) is 0 Å². The maximum atomic E-state index is 9.44. The van der Waals surface area contributed by atoms with Crippen LogP contribution < -0.4 is 0 Å². The monoisotopic (exact) mass is 320 g/mol. The highest BCUT2D eigenvalue weighted by molar-refractivity contribution is 5.93. The summed E-state index contributed by atoms with van der Waals surface area (Å²) in [5.41, 5.74) is 0. The van der Waals surface area contributed by atoms with Crippen molar-refractivity contribution in [2.75, 3.05) is 0 Å². The van der Waals surface area contributed by atoms with Gasteiger partial charge in [-0.3, -0.25) is 0 Å². The van der Waals surface area contributed by atoms with Crippen molar-refractivity contribution in [2.45, 2.75) is 25.7 Å².